The first-order valence-corrected chi connectivity index (χ1v) is 14.3. The molecule has 0 aromatic heterocycles. The van der Waals surface area contributed by atoms with Crippen molar-refractivity contribution in [2.45, 2.75) is 83.2 Å². The molecule has 2 aromatic rings. The Hall–Kier alpha value is -3.42. The highest BCUT2D eigenvalue weighted by Gasteiger charge is 2.53. The lowest BCUT2D eigenvalue weighted by molar-refractivity contribution is -0.269. The van der Waals surface area contributed by atoms with Crippen LogP contribution in [0, 0.1) is 5.41 Å². The molecule has 0 radical (unpaired) electrons. The molecule has 4 rings (SSSR count). The van der Waals surface area contributed by atoms with Gasteiger partial charge in [0.15, 0.2) is 5.60 Å². The van der Waals surface area contributed by atoms with Crippen LogP contribution in [-0.2, 0) is 27.4 Å². The number of cyclic esters (lactones) is 1. The molecule has 0 N–H and O–H groups in total. The monoisotopic (exact) mass is 667 g/mol. The van der Waals surface area contributed by atoms with E-state index in [0.717, 1.165) is 14.0 Å². The Kier molecular flexibility index (Phi) is 9.23. The molecule has 1 saturated heterocycles. The molecule has 2 aliphatic rings. The summed E-state index contributed by atoms with van der Waals surface area (Å²) in [7, 11) is 2.31. The Morgan fingerprint density at radius 2 is 1.50 bits per heavy atom. The van der Waals surface area contributed by atoms with E-state index in [0.29, 0.717) is 48.1 Å². The molecule has 1 amide bonds. The van der Waals surface area contributed by atoms with Gasteiger partial charge in [-0.05, 0) is 91.1 Å². The standard InChI is InChI=1S/C32H34F9NO4/c1-17-26(18-11-21(30(33,34)35)13-22(12-18)31(36,37)38)46-27(43)42(17)16-19-15-28(2,3)10-9-23(19)24-14-20(7-8-25(24)44-5)29(4,45-6)32(39,40)41/h7-8,11-14,17,26H,9-10,15-16H2,1-6H3/t17-,26-,29?/m0/s1. The van der Waals surface area contributed by atoms with Gasteiger partial charge in [0, 0.05) is 19.2 Å². The van der Waals surface area contributed by atoms with Crippen LogP contribution >= 0.6 is 0 Å². The summed E-state index contributed by atoms with van der Waals surface area (Å²) >= 11 is 0. The molecule has 2 aromatic carbocycles. The number of ether oxygens (including phenoxy) is 3. The highest BCUT2D eigenvalue weighted by molar-refractivity contribution is 5.77. The van der Waals surface area contributed by atoms with Crippen LogP contribution in [0.2, 0.25) is 0 Å². The molecule has 1 aliphatic carbocycles. The highest BCUT2D eigenvalue weighted by atomic mass is 19.4. The van der Waals surface area contributed by atoms with Gasteiger partial charge in [-0.15, -0.1) is 0 Å². The van der Waals surface area contributed by atoms with Crippen LogP contribution in [0.1, 0.15) is 80.9 Å². The summed E-state index contributed by atoms with van der Waals surface area (Å²) < 4.78 is 139. The SMILES string of the molecule is COc1ccc(C(C)(OC)C(F)(F)F)cc1C1=C(CN2C(=O)O[C@H](c3cc(C(F)(F)F)cc(C(F)(F)F)c3)[C@@H]2C)CC(C)(C)CC1. The summed E-state index contributed by atoms with van der Waals surface area (Å²) in [6.45, 7) is 6.16. The van der Waals surface area contributed by atoms with E-state index in [9.17, 15) is 44.3 Å². The van der Waals surface area contributed by atoms with Crippen LogP contribution in [0.25, 0.3) is 5.57 Å². The highest BCUT2D eigenvalue weighted by Crippen LogP contribution is 2.49. The number of rotatable bonds is 7. The number of amides is 1. The molecular formula is C32H34F9NO4. The van der Waals surface area contributed by atoms with E-state index in [1.165, 1.54) is 37.1 Å². The second kappa shape index (κ2) is 12.0. The van der Waals surface area contributed by atoms with Gasteiger partial charge >= 0.3 is 24.6 Å². The average Bonchev–Trinajstić information content (AvgIpc) is 3.22. The molecule has 1 heterocycles. The van der Waals surface area contributed by atoms with E-state index in [1.807, 2.05) is 13.8 Å². The molecule has 3 atom stereocenters. The van der Waals surface area contributed by atoms with Gasteiger partial charge < -0.3 is 14.2 Å². The number of alkyl halides is 9. The van der Waals surface area contributed by atoms with Crippen LogP contribution in [0.3, 0.4) is 0 Å². The number of halogens is 9. The molecule has 1 aliphatic heterocycles. The normalized spacial score (nSPS) is 22.2. The number of nitrogens with zero attached hydrogens (tertiary/aromatic N) is 1. The Morgan fingerprint density at radius 1 is 0.913 bits per heavy atom. The first-order chi connectivity index (χ1) is 21.0. The quantitative estimate of drug-likeness (QED) is 0.276. The number of methoxy groups -OCH3 is 2. The molecule has 0 saturated carbocycles. The minimum absolute atomic E-state index is 0.00123. The van der Waals surface area contributed by atoms with Crippen LogP contribution in [0.4, 0.5) is 44.3 Å². The molecule has 14 heteroatoms. The fourth-order valence-electron chi connectivity index (χ4n) is 6.04. The van der Waals surface area contributed by atoms with Gasteiger partial charge in [0.1, 0.15) is 11.9 Å². The summed E-state index contributed by atoms with van der Waals surface area (Å²) in [6.07, 6.45) is -15.9. The maximum absolute atomic E-state index is 14.1. The summed E-state index contributed by atoms with van der Waals surface area (Å²) in [4.78, 5) is 14.3. The molecule has 5 nitrogen and oxygen atoms in total. The maximum atomic E-state index is 14.1. The third kappa shape index (κ3) is 6.82. The summed E-state index contributed by atoms with van der Waals surface area (Å²) in [5, 5.41) is 0. The van der Waals surface area contributed by atoms with Gasteiger partial charge in [-0.25, -0.2) is 4.79 Å². The Labute approximate surface area is 260 Å². The van der Waals surface area contributed by atoms with Crippen LogP contribution in [-0.4, -0.2) is 44.0 Å². The van der Waals surface area contributed by atoms with E-state index < -0.39 is 59.1 Å². The number of benzene rings is 2. The van der Waals surface area contributed by atoms with Gasteiger partial charge in [-0.3, -0.25) is 4.90 Å². The van der Waals surface area contributed by atoms with Crippen molar-refractivity contribution in [3.05, 3.63) is 69.8 Å². The molecular weight excluding hydrogens is 633 g/mol. The van der Waals surface area contributed by atoms with Crippen molar-refractivity contribution in [3.8, 4) is 5.75 Å². The Balaban J connectivity index is 1.79. The van der Waals surface area contributed by atoms with Crippen molar-refractivity contribution >= 4 is 11.7 Å². The number of allylic oxidation sites excluding steroid dienone is 1. The minimum Gasteiger partial charge on any atom is -0.496 e. The van der Waals surface area contributed by atoms with Crippen molar-refractivity contribution in [1.29, 1.82) is 0 Å². The Bertz CT molecular complexity index is 1480. The summed E-state index contributed by atoms with van der Waals surface area (Å²) in [5.74, 6) is 0.273. The first-order valence-electron chi connectivity index (χ1n) is 14.3. The zero-order valence-electron chi connectivity index (χ0n) is 25.9. The second-order valence-electron chi connectivity index (χ2n) is 12.6. The topological polar surface area (TPSA) is 48.0 Å². The molecule has 0 bridgehead atoms. The van der Waals surface area contributed by atoms with Crippen molar-refractivity contribution in [1.82, 2.24) is 4.90 Å². The zero-order chi connectivity index (χ0) is 34.6. The molecule has 254 valence electrons. The van der Waals surface area contributed by atoms with Gasteiger partial charge in [-0.1, -0.05) is 19.9 Å². The van der Waals surface area contributed by atoms with Gasteiger partial charge in [0.05, 0.1) is 24.3 Å². The van der Waals surface area contributed by atoms with Gasteiger partial charge in [0.25, 0.3) is 0 Å². The third-order valence-corrected chi connectivity index (χ3v) is 8.89. The Morgan fingerprint density at radius 3 is 2.00 bits per heavy atom. The van der Waals surface area contributed by atoms with Crippen LogP contribution in [0.5, 0.6) is 5.75 Å². The minimum atomic E-state index is -5.09. The third-order valence-electron chi connectivity index (χ3n) is 8.89. The summed E-state index contributed by atoms with van der Waals surface area (Å²) in [6, 6.07) is 4.05. The zero-order valence-corrected chi connectivity index (χ0v) is 25.9. The van der Waals surface area contributed by atoms with Crippen molar-refractivity contribution in [2.24, 2.45) is 5.41 Å². The average molecular weight is 668 g/mol. The lowest BCUT2D eigenvalue weighted by Gasteiger charge is -2.36. The van der Waals surface area contributed by atoms with E-state index in [4.69, 9.17) is 14.2 Å². The fraction of sp³-hybridized carbons (Fsp3) is 0.531. The molecule has 0 spiro atoms. The lowest BCUT2D eigenvalue weighted by Crippen LogP contribution is -2.41. The van der Waals surface area contributed by atoms with E-state index in [-0.39, 0.29) is 29.3 Å². The number of carbonyl (C=O) groups excluding carboxylic acids is 1. The van der Waals surface area contributed by atoms with Crippen molar-refractivity contribution in [3.63, 3.8) is 0 Å². The fourth-order valence-corrected chi connectivity index (χ4v) is 6.04. The predicted molar refractivity (Wildman–Crippen MR) is 150 cm³/mol. The predicted octanol–water partition coefficient (Wildman–Crippen LogP) is 9.70. The number of hydrogen-bond donors (Lipinski definition) is 0. The van der Waals surface area contributed by atoms with E-state index >= 15 is 0 Å². The van der Waals surface area contributed by atoms with Crippen LogP contribution < -0.4 is 4.74 Å². The second-order valence-corrected chi connectivity index (χ2v) is 12.6. The molecule has 1 unspecified atom stereocenters. The summed E-state index contributed by atoms with van der Waals surface area (Å²) in [5.41, 5.74) is -5.07. The molecule has 46 heavy (non-hydrogen) atoms. The number of carbonyl (C=O) groups is 1. The smallest absolute Gasteiger partial charge is 0.421 e. The number of hydrogen-bond acceptors (Lipinski definition) is 4. The van der Waals surface area contributed by atoms with Crippen LogP contribution in [0.15, 0.2) is 42.0 Å². The van der Waals surface area contributed by atoms with Gasteiger partial charge in [-0.2, -0.15) is 39.5 Å². The largest absolute Gasteiger partial charge is 0.496 e. The maximum Gasteiger partial charge on any atom is 0.421 e. The first kappa shape index (κ1) is 35.4. The lowest BCUT2D eigenvalue weighted by atomic mass is 9.72. The van der Waals surface area contributed by atoms with E-state index in [2.05, 4.69) is 0 Å². The van der Waals surface area contributed by atoms with E-state index in [1.54, 1.807) is 0 Å². The van der Waals surface area contributed by atoms with Crippen molar-refractivity contribution < 1.29 is 58.5 Å². The van der Waals surface area contributed by atoms with Gasteiger partial charge in [0.2, 0.25) is 0 Å². The molecule has 1 fully saturated rings. The van der Waals surface area contributed by atoms with Crippen molar-refractivity contribution in [2.75, 3.05) is 20.8 Å².